The number of nitrogens with zero attached hydrogens (tertiary/aromatic N) is 2. The zero-order valence-corrected chi connectivity index (χ0v) is 11.9. The van der Waals surface area contributed by atoms with Crippen molar-refractivity contribution >= 4 is 23.2 Å². The molecule has 0 fully saturated rings. The monoisotopic (exact) mass is 276 g/mol. The van der Waals surface area contributed by atoms with Crippen LogP contribution in [0.2, 0.25) is 0 Å². The van der Waals surface area contributed by atoms with Gasteiger partial charge in [0.25, 0.3) is 0 Å². The Labute approximate surface area is 115 Å². The molecule has 0 spiro atoms. The van der Waals surface area contributed by atoms with Gasteiger partial charge >= 0.3 is 4.87 Å². The average molecular weight is 276 g/mol. The van der Waals surface area contributed by atoms with Gasteiger partial charge in [0.1, 0.15) is 4.88 Å². The highest BCUT2D eigenvalue weighted by molar-refractivity contribution is 7.11. The summed E-state index contributed by atoms with van der Waals surface area (Å²) in [5.41, 5.74) is 1.96. The molecule has 1 aromatic heterocycles. The number of aryl methyl sites for hydroxylation is 1. The molecule has 1 heterocycles. The molecule has 0 saturated carbocycles. The minimum absolute atomic E-state index is 0.0131. The standard InChI is InChI=1S/C14H16N2O2S/c1-9(2)16-13(17)12(19-14(16)18)8-15-11-6-4-10(3)5-7-11/h4-9,17H,1-3H3. The van der Waals surface area contributed by atoms with Gasteiger partial charge in [-0.1, -0.05) is 29.0 Å². The van der Waals surface area contributed by atoms with Crippen LogP contribution in [0.15, 0.2) is 34.1 Å². The first-order valence-electron chi connectivity index (χ1n) is 6.04. The molecule has 100 valence electrons. The Balaban J connectivity index is 2.31. The number of aromatic hydroxyl groups is 1. The number of aromatic nitrogens is 1. The molecular weight excluding hydrogens is 260 g/mol. The lowest BCUT2D eigenvalue weighted by molar-refractivity contribution is 0.395. The van der Waals surface area contributed by atoms with Crippen LogP contribution in [0.1, 0.15) is 30.3 Å². The first-order chi connectivity index (χ1) is 8.99. The van der Waals surface area contributed by atoms with Gasteiger partial charge in [-0.05, 0) is 32.9 Å². The van der Waals surface area contributed by atoms with Gasteiger partial charge in [0.2, 0.25) is 5.88 Å². The summed E-state index contributed by atoms with van der Waals surface area (Å²) < 4.78 is 1.36. The number of rotatable bonds is 3. The highest BCUT2D eigenvalue weighted by atomic mass is 32.1. The van der Waals surface area contributed by atoms with Gasteiger partial charge in [-0.3, -0.25) is 14.4 Å². The molecule has 5 heteroatoms. The van der Waals surface area contributed by atoms with Crippen molar-refractivity contribution in [2.75, 3.05) is 0 Å². The third-order valence-electron chi connectivity index (χ3n) is 2.72. The topological polar surface area (TPSA) is 54.6 Å². The lowest BCUT2D eigenvalue weighted by atomic mass is 10.2. The Bertz CT molecular complexity index is 651. The smallest absolute Gasteiger partial charge is 0.310 e. The SMILES string of the molecule is Cc1ccc(N=Cc2sc(=O)n(C(C)C)c2O)cc1. The van der Waals surface area contributed by atoms with Crippen molar-refractivity contribution in [3.05, 3.63) is 44.4 Å². The van der Waals surface area contributed by atoms with E-state index in [0.717, 1.165) is 22.6 Å². The van der Waals surface area contributed by atoms with Gasteiger partial charge in [0.05, 0.1) is 11.9 Å². The van der Waals surface area contributed by atoms with E-state index in [1.165, 1.54) is 10.8 Å². The summed E-state index contributed by atoms with van der Waals surface area (Å²) in [6, 6.07) is 7.66. The minimum atomic E-state index is -0.169. The van der Waals surface area contributed by atoms with Gasteiger partial charge in [-0.25, -0.2) is 0 Å². The lowest BCUT2D eigenvalue weighted by Gasteiger charge is -2.05. The normalized spacial score (nSPS) is 11.6. The van der Waals surface area contributed by atoms with Crippen LogP contribution in [0.5, 0.6) is 5.88 Å². The molecular formula is C14H16N2O2S. The molecule has 19 heavy (non-hydrogen) atoms. The molecule has 0 bridgehead atoms. The molecule has 0 amide bonds. The molecule has 0 aliphatic carbocycles. The van der Waals surface area contributed by atoms with Crippen LogP contribution in [-0.4, -0.2) is 15.9 Å². The quantitative estimate of drug-likeness (QED) is 0.875. The van der Waals surface area contributed by atoms with Crippen LogP contribution < -0.4 is 4.87 Å². The van der Waals surface area contributed by atoms with E-state index in [9.17, 15) is 9.90 Å². The summed E-state index contributed by atoms with van der Waals surface area (Å²) in [4.78, 5) is 16.3. The number of thiazole rings is 1. The molecule has 0 atom stereocenters. The Morgan fingerprint density at radius 1 is 1.32 bits per heavy atom. The molecule has 0 aliphatic rings. The zero-order chi connectivity index (χ0) is 14.0. The fourth-order valence-corrected chi connectivity index (χ4v) is 2.58. The number of benzene rings is 1. The summed E-state index contributed by atoms with van der Waals surface area (Å²) in [7, 11) is 0. The zero-order valence-electron chi connectivity index (χ0n) is 11.1. The fourth-order valence-electron chi connectivity index (χ4n) is 1.70. The van der Waals surface area contributed by atoms with E-state index in [0.29, 0.717) is 4.88 Å². The maximum Gasteiger partial charge on any atom is 0.310 e. The maximum atomic E-state index is 11.7. The van der Waals surface area contributed by atoms with E-state index in [2.05, 4.69) is 4.99 Å². The Morgan fingerprint density at radius 2 is 1.95 bits per heavy atom. The lowest BCUT2D eigenvalue weighted by Crippen LogP contribution is -2.14. The predicted octanol–water partition coefficient (Wildman–Crippen LogP) is 3.26. The Hall–Kier alpha value is -1.88. The second-order valence-corrected chi connectivity index (χ2v) is 5.61. The van der Waals surface area contributed by atoms with Gasteiger partial charge in [-0.2, -0.15) is 0 Å². The van der Waals surface area contributed by atoms with Gasteiger partial charge in [0.15, 0.2) is 0 Å². The van der Waals surface area contributed by atoms with Gasteiger partial charge < -0.3 is 5.11 Å². The highest BCUT2D eigenvalue weighted by Crippen LogP contribution is 2.22. The fraction of sp³-hybridized carbons (Fsp3) is 0.286. The van der Waals surface area contributed by atoms with Crippen LogP contribution in [0.25, 0.3) is 0 Å². The van der Waals surface area contributed by atoms with Crippen molar-refractivity contribution in [3.63, 3.8) is 0 Å². The average Bonchev–Trinajstić information content (AvgIpc) is 2.63. The predicted molar refractivity (Wildman–Crippen MR) is 79.1 cm³/mol. The summed E-state index contributed by atoms with van der Waals surface area (Å²) in [5, 5.41) is 9.98. The van der Waals surface area contributed by atoms with Crippen LogP contribution in [-0.2, 0) is 0 Å². The van der Waals surface area contributed by atoms with Crippen molar-refractivity contribution < 1.29 is 5.11 Å². The maximum absolute atomic E-state index is 11.7. The molecule has 2 rings (SSSR count). The van der Waals surface area contributed by atoms with Crippen molar-refractivity contribution in [2.45, 2.75) is 26.8 Å². The molecule has 0 unspecified atom stereocenters. The van der Waals surface area contributed by atoms with Crippen molar-refractivity contribution in [1.82, 2.24) is 4.57 Å². The number of hydrogen-bond acceptors (Lipinski definition) is 4. The molecule has 0 aliphatic heterocycles. The van der Waals surface area contributed by atoms with E-state index in [4.69, 9.17) is 0 Å². The van der Waals surface area contributed by atoms with Crippen molar-refractivity contribution in [3.8, 4) is 5.88 Å². The van der Waals surface area contributed by atoms with E-state index in [-0.39, 0.29) is 16.8 Å². The van der Waals surface area contributed by atoms with Crippen molar-refractivity contribution in [1.29, 1.82) is 0 Å². The largest absolute Gasteiger partial charge is 0.493 e. The summed E-state index contributed by atoms with van der Waals surface area (Å²) in [6.45, 7) is 5.72. The number of aliphatic imine (C=N–C) groups is 1. The Morgan fingerprint density at radius 3 is 2.47 bits per heavy atom. The third-order valence-corrected chi connectivity index (χ3v) is 3.60. The summed E-state index contributed by atoms with van der Waals surface area (Å²) in [6.07, 6.45) is 1.53. The van der Waals surface area contributed by atoms with Crippen LogP contribution in [0, 0.1) is 6.92 Å². The Kier molecular flexibility index (Phi) is 3.85. The van der Waals surface area contributed by atoms with E-state index >= 15 is 0 Å². The first-order valence-corrected chi connectivity index (χ1v) is 6.85. The highest BCUT2D eigenvalue weighted by Gasteiger charge is 2.14. The van der Waals surface area contributed by atoms with Crippen molar-refractivity contribution in [2.24, 2.45) is 4.99 Å². The van der Waals surface area contributed by atoms with Gasteiger partial charge in [0, 0.05) is 6.04 Å². The molecule has 1 N–H and O–H groups in total. The molecule has 0 saturated heterocycles. The summed E-state index contributed by atoms with van der Waals surface area (Å²) >= 11 is 1.000. The molecule has 0 radical (unpaired) electrons. The summed E-state index contributed by atoms with van der Waals surface area (Å²) in [5.74, 6) is -0.0131. The van der Waals surface area contributed by atoms with Crippen LogP contribution in [0.4, 0.5) is 5.69 Å². The van der Waals surface area contributed by atoms with E-state index in [1.54, 1.807) is 0 Å². The molecule has 1 aromatic carbocycles. The molecule has 2 aromatic rings. The third kappa shape index (κ3) is 2.93. The van der Waals surface area contributed by atoms with E-state index < -0.39 is 0 Å². The van der Waals surface area contributed by atoms with Crippen LogP contribution in [0.3, 0.4) is 0 Å². The van der Waals surface area contributed by atoms with E-state index in [1.807, 2.05) is 45.0 Å². The second-order valence-electron chi connectivity index (χ2n) is 4.61. The second kappa shape index (κ2) is 5.40. The first kappa shape index (κ1) is 13.5. The minimum Gasteiger partial charge on any atom is -0.493 e. The van der Waals surface area contributed by atoms with Gasteiger partial charge in [-0.15, -0.1) is 0 Å². The van der Waals surface area contributed by atoms with Crippen LogP contribution >= 0.6 is 11.3 Å². The molecule has 4 nitrogen and oxygen atoms in total. The number of hydrogen-bond donors (Lipinski definition) is 1.